The monoisotopic (exact) mass is 341 g/mol. The third-order valence-electron chi connectivity index (χ3n) is 4.38. The Morgan fingerprint density at radius 3 is 2.48 bits per heavy atom. The number of amides is 1. The van der Waals surface area contributed by atoms with E-state index in [9.17, 15) is 14.9 Å². The van der Waals surface area contributed by atoms with Crippen molar-refractivity contribution in [2.24, 2.45) is 0 Å². The summed E-state index contributed by atoms with van der Waals surface area (Å²) in [6.45, 7) is 5.55. The number of aromatic nitrogens is 2. The van der Waals surface area contributed by atoms with Crippen molar-refractivity contribution in [1.82, 2.24) is 14.9 Å². The van der Waals surface area contributed by atoms with E-state index in [1.54, 1.807) is 31.5 Å². The second-order valence-electron chi connectivity index (χ2n) is 6.04. The number of benzene rings is 1. The number of nitro groups is 1. The van der Waals surface area contributed by atoms with Gasteiger partial charge in [-0.3, -0.25) is 19.9 Å². The maximum atomic E-state index is 11.6. The number of non-ortho nitro benzene ring substituents is 1. The van der Waals surface area contributed by atoms with Gasteiger partial charge in [0.1, 0.15) is 5.69 Å². The van der Waals surface area contributed by atoms with Gasteiger partial charge in [-0.15, -0.1) is 0 Å². The van der Waals surface area contributed by atoms with Crippen molar-refractivity contribution < 1.29 is 9.72 Å². The number of piperazine rings is 1. The topological polar surface area (TPSA) is 92.5 Å². The third kappa shape index (κ3) is 3.42. The standard InChI is InChI=1S/C17H19N5O3/c1-12-11-20(13(2)23)9-10-21(12)17-16(18-7-8-19-17)14-3-5-15(6-4-14)22(24)25/h3-8,12H,9-11H2,1-2H3. The van der Waals surface area contributed by atoms with Crippen LogP contribution in [-0.2, 0) is 4.79 Å². The second-order valence-corrected chi connectivity index (χ2v) is 6.04. The summed E-state index contributed by atoms with van der Waals surface area (Å²) in [4.78, 5) is 34.9. The molecule has 1 unspecified atom stereocenters. The number of rotatable bonds is 3. The molecule has 8 heteroatoms. The first-order valence-corrected chi connectivity index (χ1v) is 8.05. The molecule has 1 aromatic carbocycles. The van der Waals surface area contributed by atoms with Crippen LogP contribution in [0.2, 0.25) is 0 Å². The molecule has 0 spiro atoms. The summed E-state index contributed by atoms with van der Waals surface area (Å²) >= 11 is 0. The van der Waals surface area contributed by atoms with Gasteiger partial charge < -0.3 is 9.80 Å². The van der Waals surface area contributed by atoms with Crippen molar-refractivity contribution in [3.63, 3.8) is 0 Å². The highest BCUT2D eigenvalue weighted by atomic mass is 16.6. The molecular weight excluding hydrogens is 322 g/mol. The van der Waals surface area contributed by atoms with Gasteiger partial charge in [0.15, 0.2) is 5.82 Å². The number of nitrogens with zero attached hydrogens (tertiary/aromatic N) is 5. The van der Waals surface area contributed by atoms with Gasteiger partial charge >= 0.3 is 0 Å². The molecule has 3 rings (SSSR count). The highest BCUT2D eigenvalue weighted by molar-refractivity contribution is 5.75. The van der Waals surface area contributed by atoms with E-state index in [-0.39, 0.29) is 17.6 Å². The summed E-state index contributed by atoms with van der Waals surface area (Å²) in [7, 11) is 0. The van der Waals surface area contributed by atoms with Crippen molar-refractivity contribution in [3.8, 4) is 11.3 Å². The Morgan fingerprint density at radius 1 is 1.20 bits per heavy atom. The van der Waals surface area contributed by atoms with Crippen LogP contribution < -0.4 is 4.90 Å². The molecule has 1 aromatic heterocycles. The molecule has 8 nitrogen and oxygen atoms in total. The van der Waals surface area contributed by atoms with E-state index in [0.29, 0.717) is 25.3 Å². The fourth-order valence-electron chi connectivity index (χ4n) is 3.04. The van der Waals surface area contributed by atoms with Gasteiger partial charge in [-0.2, -0.15) is 0 Å². The van der Waals surface area contributed by atoms with Gasteiger partial charge in [0.25, 0.3) is 5.69 Å². The molecule has 2 heterocycles. The third-order valence-corrected chi connectivity index (χ3v) is 4.38. The molecule has 1 saturated heterocycles. The van der Waals surface area contributed by atoms with Crippen LogP contribution in [0.3, 0.4) is 0 Å². The largest absolute Gasteiger partial charge is 0.349 e. The van der Waals surface area contributed by atoms with Gasteiger partial charge in [-0.25, -0.2) is 4.98 Å². The van der Waals surface area contributed by atoms with Crippen molar-refractivity contribution in [3.05, 3.63) is 46.8 Å². The normalized spacial score (nSPS) is 17.4. The molecule has 1 amide bonds. The van der Waals surface area contributed by atoms with Crippen LogP contribution in [0.4, 0.5) is 11.5 Å². The number of nitro benzene ring substituents is 1. The first kappa shape index (κ1) is 16.8. The molecule has 2 aromatic rings. The van der Waals surface area contributed by atoms with E-state index in [1.807, 2.05) is 11.8 Å². The lowest BCUT2D eigenvalue weighted by atomic mass is 10.1. The Morgan fingerprint density at radius 2 is 1.88 bits per heavy atom. The van der Waals surface area contributed by atoms with Crippen LogP contribution >= 0.6 is 0 Å². The van der Waals surface area contributed by atoms with E-state index in [2.05, 4.69) is 14.9 Å². The zero-order chi connectivity index (χ0) is 18.0. The molecule has 130 valence electrons. The Hall–Kier alpha value is -3.03. The van der Waals surface area contributed by atoms with Crippen molar-refractivity contribution >= 4 is 17.4 Å². The summed E-state index contributed by atoms with van der Waals surface area (Å²) in [5.41, 5.74) is 1.49. The van der Waals surface area contributed by atoms with Gasteiger partial charge in [-0.05, 0) is 19.1 Å². The lowest BCUT2D eigenvalue weighted by molar-refractivity contribution is -0.384. The Bertz CT molecular complexity index is 793. The Labute approximate surface area is 145 Å². The van der Waals surface area contributed by atoms with Crippen LogP contribution in [0.5, 0.6) is 0 Å². The van der Waals surface area contributed by atoms with Crippen LogP contribution in [0, 0.1) is 10.1 Å². The molecule has 0 radical (unpaired) electrons. The summed E-state index contributed by atoms with van der Waals surface area (Å²) in [6, 6.07) is 6.39. The number of carbonyl (C=O) groups is 1. The quantitative estimate of drug-likeness (QED) is 0.627. The maximum absolute atomic E-state index is 11.6. The summed E-state index contributed by atoms with van der Waals surface area (Å²) in [6.07, 6.45) is 3.24. The van der Waals surface area contributed by atoms with E-state index in [4.69, 9.17) is 0 Å². The predicted octanol–water partition coefficient (Wildman–Crippen LogP) is 2.11. The predicted molar refractivity (Wildman–Crippen MR) is 93.2 cm³/mol. The molecule has 0 aliphatic carbocycles. The first-order chi connectivity index (χ1) is 12.0. The average Bonchev–Trinajstić information content (AvgIpc) is 2.61. The Balaban J connectivity index is 1.91. The highest BCUT2D eigenvalue weighted by Gasteiger charge is 2.28. The molecule has 1 aliphatic rings. The highest BCUT2D eigenvalue weighted by Crippen LogP contribution is 2.30. The molecule has 1 atom stereocenters. The van der Waals surface area contributed by atoms with Crippen LogP contribution in [0.25, 0.3) is 11.3 Å². The van der Waals surface area contributed by atoms with Crippen LogP contribution in [0.1, 0.15) is 13.8 Å². The lowest BCUT2D eigenvalue weighted by Gasteiger charge is -2.40. The minimum absolute atomic E-state index is 0.0395. The minimum atomic E-state index is -0.426. The summed E-state index contributed by atoms with van der Waals surface area (Å²) < 4.78 is 0. The van der Waals surface area contributed by atoms with E-state index in [1.165, 1.54) is 12.1 Å². The van der Waals surface area contributed by atoms with E-state index < -0.39 is 4.92 Å². The zero-order valence-electron chi connectivity index (χ0n) is 14.1. The second kappa shape index (κ2) is 6.84. The molecule has 0 saturated carbocycles. The molecule has 0 bridgehead atoms. The number of carbonyl (C=O) groups excluding carboxylic acids is 1. The summed E-state index contributed by atoms with van der Waals surface area (Å²) in [5, 5.41) is 10.8. The van der Waals surface area contributed by atoms with Gasteiger partial charge in [0.05, 0.1) is 4.92 Å². The number of hydrogen-bond donors (Lipinski definition) is 0. The maximum Gasteiger partial charge on any atom is 0.269 e. The summed E-state index contributed by atoms with van der Waals surface area (Å²) in [5.74, 6) is 0.799. The molecule has 0 N–H and O–H groups in total. The fourth-order valence-corrected chi connectivity index (χ4v) is 3.04. The van der Waals surface area contributed by atoms with Crippen molar-refractivity contribution in [2.45, 2.75) is 19.9 Å². The lowest BCUT2D eigenvalue weighted by Crippen LogP contribution is -2.53. The fraction of sp³-hybridized carbons (Fsp3) is 0.353. The number of anilines is 1. The van der Waals surface area contributed by atoms with Gasteiger partial charge in [-0.1, -0.05) is 0 Å². The smallest absolute Gasteiger partial charge is 0.269 e. The zero-order valence-corrected chi connectivity index (χ0v) is 14.1. The van der Waals surface area contributed by atoms with E-state index >= 15 is 0 Å². The van der Waals surface area contributed by atoms with Crippen LogP contribution in [-0.4, -0.2) is 51.4 Å². The van der Waals surface area contributed by atoms with Gasteiger partial charge in [0, 0.05) is 62.7 Å². The van der Waals surface area contributed by atoms with Gasteiger partial charge in [0.2, 0.25) is 5.91 Å². The first-order valence-electron chi connectivity index (χ1n) is 8.05. The molecule has 1 aliphatic heterocycles. The average molecular weight is 341 g/mol. The number of hydrogen-bond acceptors (Lipinski definition) is 6. The van der Waals surface area contributed by atoms with Crippen molar-refractivity contribution in [2.75, 3.05) is 24.5 Å². The Kier molecular flexibility index (Phi) is 4.60. The van der Waals surface area contributed by atoms with Crippen LogP contribution in [0.15, 0.2) is 36.7 Å². The van der Waals surface area contributed by atoms with E-state index in [0.717, 1.165) is 11.4 Å². The molecule has 1 fully saturated rings. The minimum Gasteiger partial charge on any atom is -0.349 e. The van der Waals surface area contributed by atoms with Crippen molar-refractivity contribution in [1.29, 1.82) is 0 Å². The molecule has 25 heavy (non-hydrogen) atoms. The SMILES string of the molecule is CC(=O)N1CCN(c2nccnc2-c2ccc([N+](=O)[O-])cc2)C(C)C1. The molecular formula is C17H19N5O3.